The Morgan fingerprint density at radius 1 is 1.00 bits per heavy atom. The van der Waals surface area contributed by atoms with E-state index in [1.807, 2.05) is 0 Å². The topological polar surface area (TPSA) is 108 Å². The number of urea groups is 1. The van der Waals surface area contributed by atoms with Crippen LogP contribution in [0.2, 0.25) is 0 Å². The summed E-state index contributed by atoms with van der Waals surface area (Å²) in [6.07, 6.45) is 0.194. The Hall–Kier alpha value is -2.38. The summed E-state index contributed by atoms with van der Waals surface area (Å²) in [4.78, 5) is 25.7. The molecule has 2 N–H and O–H groups in total. The van der Waals surface area contributed by atoms with Crippen LogP contribution in [0, 0.1) is 0 Å². The lowest BCUT2D eigenvalue weighted by atomic mass is 9.96. The van der Waals surface area contributed by atoms with Crippen molar-refractivity contribution in [1.82, 2.24) is 19.8 Å². The maximum atomic E-state index is 12.8. The number of nitrogens with one attached hydrogen (secondary N) is 2. The van der Waals surface area contributed by atoms with E-state index in [0.29, 0.717) is 0 Å². The van der Waals surface area contributed by atoms with Crippen LogP contribution in [0.5, 0.6) is 5.75 Å². The maximum Gasteiger partial charge on any atom is 0.573 e. The number of halogens is 3. The van der Waals surface area contributed by atoms with E-state index < -0.39 is 34.1 Å². The fraction of sp³-hybridized carbons (Fsp3) is 0.600. The number of piperazine rings is 1. The number of nitrogens with zero attached hydrogens (tertiary/aromatic N) is 2. The number of imide groups is 1. The monoisotopic (exact) mass is 492 g/mol. The molecule has 2 aliphatic rings. The molecule has 1 saturated carbocycles. The second kappa shape index (κ2) is 10.7. The first-order valence-electron chi connectivity index (χ1n) is 10.7. The lowest BCUT2D eigenvalue weighted by molar-refractivity contribution is -0.274. The number of alkyl halides is 3. The van der Waals surface area contributed by atoms with Gasteiger partial charge in [0.2, 0.25) is 15.9 Å². The zero-order valence-corrected chi connectivity index (χ0v) is 18.8. The van der Waals surface area contributed by atoms with Gasteiger partial charge in [0.1, 0.15) is 5.75 Å². The van der Waals surface area contributed by atoms with E-state index in [2.05, 4.69) is 15.4 Å². The van der Waals surface area contributed by atoms with Gasteiger partial charge in [-0.3, -0.25) is 15.0 Å². The lowest BCUT2D eigenvalue weighted by Crippen LogP contribution is -2.52. The molecule has 1 aromatic rings. The summed E-state index contributed by atoms with van der Waals surface area (Å²) in [5.41, 5.74) is 0. The van der Waals surface area contributed by atoms with Crippen molar-refractivity contribution in [2.75, 3.05) is 32.7 Å². The molecule has 13 heteroatoms. The smallest absolute Gasteiger partial charge is 0.406 e. The fourth-order valence-electron chi connectivity index (χ4n) is 3.93. The highest BCUT2D eigenvalue weighted by Crippen LogP contribution is 2.25. The summed E-state index contributed by atoms with van der Waals surface area (Å²) in [6, 6.07) is 3.56. The van der Waals surface area contributed by atoms with Crippen LogP contribution in [0.4, 0.5) is 18.0 Å². The number of rotatable bonds is 6. The second-order valence-electron chi connectivity index (χ2n) is 8.06. The molecule has 33 heavy (non-hydrogen) atoms. The standard InChI is InChI=1S/C20H27F3N4O5S/c21-20(22,23)32-16-6-8-17(9-7-16)33(30,31)27-12-10-26(11-13-27)14-18(28)25-19(29)24-15-4-2-1-3-5-15/h6-9,15H,1-5,10-14H2,(H2,24,25,28,29). The highest BCUT2D eigenvalue weighted by molar-refractivity contribution is 7.89. The number of hydrogen-bond donors (Lipinski definition) is 2. The molecule has 1 aliphatic carbocycles. The first kappa shape index (κ1) is 25.2. The molecule has 0 bridgehead atoms. The van der Waals surface area contributed by atoms with Crippen LogP contribution in [-0.4, -0.2) is 74.7 Å². The lowest BCUT2D eigenvalue weighted by Gasteiger charge is -2.33. The molecule has 9 nitrogen and oxygen atoms in total. The van der Waals surface area contributed by atoms with Crippen molar-refractivity contribution in [3.05, 3.63) is 24.3 Å². The van der Waals surface area contributed by atoms with Crippen LogP contribution in [0.1, 0.15) is 32.1 Å². The Kier molecular flexibility index (Phi) is 8.19. The summed E-state index contributed by atoms with van der Waals surface area (Å²) in [6.45, 7) is 0.698. The van der Waals surface area contributed by atoms with E-state index in [4.69, 9.17) is 0 Å². The highest BCUT2D eigenvalue weighted by Gasteiger charge is 2.32. The molecule has 0 aromatic heterocycles. The Balaban J connectivity index is 1.45. The van der Waals surface area contributed by atoms with Gasteiger partial charge in [-0.15, -0.1) is 13.2 Å². The minimum atomic E-state index is -4.86. The van der Waals surface area contributed by atoms with Crippen molar-refractivity contribution >= 4 is 22.0 Å². The fourth-order valence-corrected chi connectivity index (χ4v) is 5.35. The van der Waals surface area contributed by atoms with Gasteiger partial charge in [0.25, 0.3) is 0 Å². The van der Waals surface area contributed by atoms with Crippen molar-refractivity contribution < 1.29 is 35.9 Å². The molecule has 3 rings (SSSR count). The quantitative estimate of drug-likeness (QED) is 0.630. The van der Waals surface area contributed by atoms with Crippen LogP contribution in [-0.2, 0) is 14.8 Å². The van der Waals surface area contributed by atoms with E-state index in [1.54, 1.807) is 4.90 Å². The number of amides is 3. The summed E-state index contributed by atoms with van der Waals surface area (Å²) < 4.78 is 67.3. The Morgan fingerprint density at radius 3 is 2.18 bits per heavy atom. The Labute approximate surface area is 190 Å². The van der Waals surface area contributed by atoms with Gasteiger partial charge in [-0.05, 0) is 37.1 Å². The SMILES string of the molecule is O=C(CN1CCN(S(=O)(=O)c2ccc(OC(F)(F)F)cc2)CC1)NC(=O)NC1CCCCC1. The maximum absolute atomic E-state index is 12.8. The van der Waals surface area contributed by atoms with Gasteiger partial charge in [0.15, 0.2) is 0 Å². The Bertz CT molecular complexity index is 926. The van der Waals surface area contributed by atoms with Crippen molar-refractivity contribution in [2.45, 2.75) is 49.4 Å². The normalized spacial score (nSPS) is 19.1. The number of carbonyl (C=O) groups is 2. The molecular weight excluding hydrogens is 465 g/mol. The van der Waals surface area contributed by atoms with Crippen LogP contribution >= 0.6 is 0 Å². The molecule has 2 fully saturated rings. The average molecular weight is 493 g/mol. The number of hydrogen-bond acceptors (Lipinski definition) is 6. The van der Waals surface area contributed by atoms with Gasteiger partial charge in [-0.2, -0.15) is 4.31 Å². The molecule has 0 radical (unpaired) electrons. The van der Waals surface area contributed by atoms with E-state index in [-0.39, 0.29) is 43.7 Å². The molecule has 0 unspecified atom stereocenters. The predicted octanol–water partition coefficient (Wildman–Crippen LogP) is 2.05. The zero-order chi connectivity index (χ0) is 24.1. The summed E-state index contributed by atoms with van der Waals surface area (Å²) >= 11 is 0. The largest absolute Gasteiger partial charge is 0.573 e. The molecule has 3 amide bonds. The third-order valence-electron chi connectivity index (χ3n) is 5.59. The third kappa shape index (κ3) is 7.57. The first-order valence-corrected chi connectivity index (χ1v) is 12.2. The molecule has 1 aliphatic heterocycles. The van der Waals surface area contributed by atoms with Crippen LogP contribution in [0.15, 0.2) is 29.2 Å². The number of benzene rings is 1. The van der Waals surface area contributed by atoms with Gasteiger partial charge < -0.3 is 10.1 Å². The van der Waals surface area contributed by atoms with Crippen molar-refractivity contribution in [3.8, 4) is 5.75 Å². The number of sulfonamides is 1. The molecule has 0 spiro atoms. The van der Waals surface area contributed by atoms with Crippen molar-refractivity contribution in [3.63, 3.8) is 0 Å². The summed E-state index contributed by atoms with van der Waals surface area (Å²) in [5, 5.41) is 5.11. The van der Waals surface area contributed by atoms with Gasteiger partial charge >= 0.3 is 12.4 Å². The molecule has 0 atom stereocenters. The van der Waals surface area contributed by atoms with E-state index in [0.717, 1.165) is 56.4 Å². The van der Waals surface area contributed by atoms with Crippen molar-refractivity contribution in [1.29, 1.82) is 0 Å². The van der Waals surface area contributed by atoms with Gasteiger partial charge in [-0.1, -0.05) is 19.3 Å². The van der Waals surface area contributed by atoms with Gasteiger partial charge in [0.05, 0.1) is 11.4 Å². The minimum absolute atomic E-state index is 0.0462. The molecule has 184 valence electrons. The highest BCUT2D eigenvalue weighted by atomic mass is 32.2. The molecule has 1 saturated heterocycles. The van der Waals surface area contributed by atoms with Crippen LogP contribution in [0.3, 0.4) is 0 Å². The summed E-state index contributed by atoms with van der Waals surface area (Å²) in [5.74, 6) is -0.982. The molecular formula is C20H27F3N4O5S. The van der Waals surface area contributed by atoms with Crippen LogP contribution < -0.4 is 15.4 Å². The van der Waals surface area contributed by atoms with Crippen LogP contribution in [0.25, 0.3) is 0 Å². The third-order valence-corrected chi connectivity index (χ3v) is 7.50. The predicted molar refractivity (Wildman–Crippen MR) is 112 cm³/mol. The van der Waals surface area contributed by atoms with E-state index >= 15 is 0 Å². The van der Waals surface area contributed by atoms with Gasteiger partial charge in [-0.25, -0.2) is 13.2 Å². The molecule has 1 aromatic carbocycles. The average Bonchev–Trinajstić information content (AvgIpc) is 2.74. The first-order chi connectivity index (χ1) is 15.5. The Morgan fingerprint density at radius 2 is 1.61 bits per heavy atom. The van der Waals surface area contributed by atoms with Gasteiger partial charge in [0, 0.05) is 32.2 Å². The molecule has 1 heterocycles. The number of ether oxygens (including phenoxy) is 1. The second-order valence-corrected chi connectivity index (χ2v) is 9.99. The number of carbonyl (C=O) groups excluding carboxylic acids is 2. The zero-order valence-electron chi connectivity index (χ0n) is 17.9. The van der Waals surface area contributed by atoms with Crippen molar-refractivity contribution in [2.24, 2.45) is 0 Å². The summed E-state index contributed by atoms with van der Waals surface area (Å²) in [7, 11) is -3.90. The van der Waals surface area contributed by atoms with E-state index in [1.165, 1.54) is 4.31 Å². The van der Waals surface area contributed by atoms with E-state index in [9.17, 15) is 31.2 Å². The minimum Gasteiger partial charge on any atom is -0.406 e.